The molecule has 17 heavy (non-hydrogen) atoms. The standard InChI is InChI=1S/C10H24N2O4S/c1-10(8-11,9(15-3)16-4)12(2)6-7-17(5,13)14/h9H,6-8,11H2,1-5H3. The second-order valence-corrected chi connectivity index (χ2v) is 6.68. The molecule has 0 radical (unpaired) electrons. The smallest absolute Gasteiger partial charge is 0.176 e. The molecule has 0 bridgehead atoms. The predicted molar refractivity (Wildman–Crippen MR) is 67.6 cm³/mol. The molecule has 0 aliphatic heterocycles. The van der Waals surface area contributed by atoms with Gasteiger partial charge in [0.1, 0.15) is 9.84 Å². The minimum atomic E-state index is -2.99. The Kier molecular flexibility index (Phi) is 6.57. The molecule has 0 aromatic rings. The molecule has 0 aromatic carbocycles. The van der Waals surface area contributed by atoms with Crippen LogP contribution in [-0.4, -0.2) is 71.5 Å². The van der Waals surface area contributed by atoms with Crippen LogP contribution in [0.2, 0.25) is 0 Å². The number of nitrogens with two attached hydrogens (primary N) is 1. The van der Waals surface area contributed by atoms with E-state index in [4.69, 9.17) is 15.2 Å². The Balaban J connectivity index is 4.73. The van der Waals surface area contributed by atoms with E-state index in [0.717, 1.165) is 0 Å². The summed E-state index contributed by atoms with van der Waals surface area (Å²) in [6.45, 7) is 2.57. The number of ether oxygens (including phenoxy) is 2. The summed E-state index contributed by atoms with van der Waals surface area (Å²) in [4.78, 5) is 1.85. The third-order valence-electron chi connectivity index (χ3n) is 3.02. The first-order valence-electron chi connectivity index (χ1n) is 5.36. The molecule has 0 aliphatic rings. The summed E-state index contributed by atoms with van der Waals surface area (Å²) in [5.74, 6) is 0.0826. The van der Waals surface area contributed by atoms with Crippen LogP contribution in [-0.2, 0) is 19.3 Å². The van der Waals surface area contributed by atoms with E-state index in [2.05, 4.69) is 0 Å². The molecule has 0 spiro atoms. The highest BCUT2D eigenvalue weighted by Gasteiger charge is 2.37. The van der Waals surface area contributed by atoms with Gasteiger partial charge in [-0.1, -0.05) is 0 Å². The average Bonchev–Trinajstić information content (AvgIpc) is 2.25. The summed E-state index contributed by atoms with van der Waals surface area (Å²) in [7, 11) is 1.89. The van der Waals surface area contributed by atoms with Gasteiger partial charge in [-0.15, -0.1) is 0 Å². The third kappa shape index (κ3) is 4.89. The number of likely N-dealkylation sites (N-methyl/N-ethyl adjacent to an activating group) is 1. The number of rotatable bonds is 8. The lowest BCUT2D eigenvalue weighted by atomic mass is 10.00. The average molecular weight is 268 g/mol. The molecule has 0 saturated heterocycles. The van der Waals surface area contributed by atoms with Gasteiger partial charge in [-0.3, -0.25) is 4.90 Å². The van der Waals surface area contributed by atoms with Crippen molar-refractivity contribution in [3.63, 3.8) is 0 Å². The van der Waals surface area contributed by atoms with Crippen molar-refractivity contribution in [1.82, 2.24) is 4.90 Å². The molecule has 1 atom stereocenters. The van der Waals surface area contributed by atoms with Crippen LogP contribution in [0, 0.1) is 0 Å². The quantitative estimate of drug-likeness (QED) is 0.586. The van der Waals surface area contributed by atoms with E-state index in [1.54, 1.807) is 0 Å². The van der Waals surface area contributed by atoms with E-state index in [1.807, 2.05) is 18.9 Å². The fourth-order valence-electron chi connectivity index (χ4n) is 1.59. The molecule has 7 heteroatoms. The highest BCUT2D eigenvalue weighted by atomic mass is 32.2. The summed E-state index contributed by atoms with van der Waals surface area (Å²) in [5.41, 5.74) is 5.19. The summed E-state index contributed by atoms with van der Waals surface area (Å²) >= 11 is 0. The van der Waals surface area contributed by atoms with Gasteiger partial charge in [-0.25, -0.2) is 8.42 Å². The first-order chi connectivity index (χ1) is 7.71. The maximum Gasteiger partial charge on any atom is 0.176 e. The van der Waals surface area contributed by atoms with Crippen molar-refractivity contribution in [3.05, 3.63) is 0 Å². The minimum absolute atomic E-state index is 0.0826. The molecule has 0 aliphatic carbocycles. The molecule has 0 amide bonds. The zero-order valence-corrected chi connectivity index (χ0v) is 12.1. The molecule has 6 nitrogen and oxygen atoms in total. The van der Waals surface area contributed by atoms with Crippen LogP contribution >= 0.6 is 0 Å². The van der Waals surface area contributed by atoms with Gasteiger partial charge >= 0.3 is 0 Å². The van der Waals surface area contributed by atoms with Gasteiger partial charge in [0.05, 0.1) is 11.3 Å². The SMILES string of the molecule is COC(OC)C(C)(CN)N(C)CCS(C)(=O)=O. The lowest BCUT2D eigenvalue weighted by Gasteiger charge is -2.42. The highest BCUT2D eigenvalue weighted by Crippen LogP contribution is 2.19. The van der Waals surface area contributed by atoms with Gasteiger partial charge < -0.3 is 15.2 Å². The molecular weight excluding hydrogens is 244 g/mol. The summed E-state index contributed by atoms with van der Waals surface area (Å²) in [6.07, 6.45) is 0.710. The van der Waals surface area contributed by atoms with Crippen molar-refractivity contribution in [1.29, 1.82) is 0 Å². The molecule has 1 unspecified atom stereocenters. The summed E-state index contributed by atoms with van der Waals surface area (Å²) < 4.78 is 32.7. The van der Waals surface area contributed by atoms with Crippen molar-refractivity contribution < 1.29 is 17.9 Å². The van der Waals surface area contributed by atoms with E-state index in [-0.39, 0.29) is 5.75 Å². The van der Waals surface area contributed by atoms with E-state index in [1.165, 1.54) is 20.5 Å². The van der Waals surface area contributed by atoms with Crippen molar-refractivity contribution in [2.45, 2.75) is 18.8 Å². The van der Waals surface area contributed by atoms with Gasteiger partial charge in [0, 0.05) is 33.6 Å². The molecule has 0 aromatic heterocycles. The molecule has 0 fully saturated rings. The Morgan fingerprint density at radius 3 is 2.12 bits per heavy atom. The zero-order chi connectivity index (χ0) is 13.7. The van der Waals surface area contributed by atoms with Crippen LogP contribution in [0.15, 0.2) is 0 Å². The maximum absolute atomic E-state index is 11.1. The largest absolute Gasteiger partial charge is 0.354 e. The Bertz CT molecular complexity index is 316. The van der Waals surface area contributed by atoms with Crippen LogP contribution in [0.3, 0.4) is 0 Å². The van der Waals surface area contributed by atoms with E-state index in [9.17, 15) is 8.42 Å². The van der Waals surface area contributed by atoms with Crippen molar-refractivity contribution in [2.75, 3.05) is 46.4 Å². The molecule has 0 heterocycles. The van der Waals surface area contributed by atoms with Crippen LogP contribution in [0.1, 0.15) is 6.92 Å². The second kappa shape index (κ2) is 6.65. The number of hydrogen-bond acceptors (Lipinski definition) is 6. The van der Waals surface area contributed by atoms with Crippen molar-refractivity contribution in [2.24, 2.45) is 5.73 Å². The number of nitrogens with zero attached hydrogens (tertiary/aromatic N) is 1. The third-order valence-corrected chi connectivity index (χ3v) is 3.94. The Morgan fingerprint density at radius 2 is 1.82 bits per heavy atom. The van der Waals surface area contributed by atoms with Crippen LogP contribution < -0.4 is 5.73 Å². The topological polar surface area (TPSA) is 81.9 Å². The monoisotopic (exact) mass is 268 g/mol. The molecule has 104 valence electrons. The van der Waals surface area contributed by atoms with E-state index < -0.39 is 21.7 Å². The summed E-state index contributed by atoms with van der Waals surface area (Å²) in [6, 6.07) is 0. The van der Waals surface area contributed by atoms with Crippen LogP contribution in [0.5, 0.6) is 0 Å². The van der Waals surface area contributed by atoms with Gasteiger partial charge in [-0.2, -0.15) is 0 Å². The maximum atomic E-state index is 11.1. The molecule has 2 N–H and O–H groups in total. The zero-order valence-electron chi connectivity index (χ0n) is 11.3. The van der Waals surface area contributed by atoms with Crippen molar-refractivity contribution in [3.8, 4) is 0 Å². The fourth-order valence-corrected chi connectivity index (χ4v) is 2.20. The van der Waals surface area contributed by atoms with Gasteiger partial charge in [-0.05, 0) is 14.0 Å². The lowest BCUT2D eigenvalue weighted by molar-refractivity contribution is -0.176. The Labute approximate surface area is 104 Å². The highest BCUT2D eigenvalue weighted by molar-refractivity contribution is 7.90. The Hall–Kier alpha value is -0.210. The van der Waals surface area contributed by atoms with E-state index in [0.29, 0.717) is 13.1 Å². The predicted octanol–water partition coefficient (Wildman–Crippen LogP) is -0.701. The van der Waals surface area contributed by atoms with Gasteiger partial charge in [0.25, 0.3) is 0 Å². The van der Waals surface area contributed by atoms with Gasteiger partial charge in [0.2, 0.25) is 0 Å². The molecule has 0 rings (SSSR count). The molecule has 0 saturated carbocycles. The van der Waals surface area contributed by atoms with Crippen molar-refractivity contribution >= 4 is 9.84 Å². The van der Waals surface area contributed by atoms with E-state index >= 15 is 0 Å². The lowest BCUT2D eigenvalue weighted by Crippen LogP contribution is -2.59. The normalized spacial score (nSPS) is 16.5. The fraction of sp³-hybridized carbons (Fsp3) is 1.00. The van der Waals surface area contributed by atoms with Crippen LogP contribution in [0.4, 0.5) is 0 Å². The van der Waals surface area contributed by atoms with Gasteiger partial charge in [0.15, 0.2) is 6.29 Å². The number of hydrogen-bond donors (Lipinski definition) is 1. The number of sulfone groups is 1. The molecular formula is C10H24N2O4S. The summed E-state index contributed by atoms with van der Waals surface area (Å²) in [5, 5.41) is 0. The minimum Gasteiger partial charge on any atom is -0.354 e. The second-order valence-electron chi connectivity index (χ2n) is 4.42. The first-order valence-corrected chi connectivity index (χ1v) is 7.42. The Morgan fingerprint density at radius 1 is 1.35 bits per heavy atom. The first kappa shape index (κ1) is 16.8. The van der Waals surface area contributed by atoms with Crippen LogP contribution in [0.25, 0.3) is 0 Å². The number of methoxy groups -OCH3 is 2.